The number of carbonyl (C=O) groups excluding carboxylic acids is 2. The number of hydrogen-bond donors (Lipinski definition) is 3. The molecule has 27 heavy (non-hydrogen) atoms. The highest BCUT2D eigenvalue weighted by molar-refractivity contribution is 6.09. The van der Waals surface area contributed by atoms with E-state index in [2.05, 4.69) is 10.6 Å². The first-order chi connectivity index (χ1) is 13.1. The van der Waals surface area contributed by atoms with Crippen LogP contribution in [0.1, 0.15) is 28.8 Å². The van der Waals surface area contributed by atoms with Crippen molar-refractivity contribution in [1.29, 1.82) is 0 Å². The Labute approximate surface area is 156 Å². The molecule has 3 amide bonds. The third-order valence-corrected chi connectivity index (χ3v) is 5.11. The van der Waals surface area contributed by atoms with Crippen molar-refractivity contribution in [3.8, 4) is 11.1 Å². The van der Waals surface area contributed by atoms with E-state index in [0.29, 0.717) is 37.2 Å². The van der Waals surface area contributed by atoms with Gasteiger partial charge in [0, 0.05) is 13.1 Å². The normalized spacial score (nSPS) is 18.1. The summed E-state index contributed by atoms with van der Waals surface area (Å²) in [5, 5.41) is 14.8. The number of anilines is 1. The summed E-state index contributed by atoms with van der Waals surface area (Å²) in [5.74, 6) is -0.635. The van der Waals surface area contributed by atoms with Crippen molar-refractivity contribution in [2.24, 2.45) is 0 Å². The molecule has 2 aliphatic heterocycles. The summed E-state index contributed by atoms with van der Waals surface area (Å²) < 4.78 is 0. The lowest BCUT2D eigenvalue weighted by molar-refractivity contribution is -0.119. The van der Waals surface area contributed by atoms with Gasteiger partial charge in [-0.05, 0) is 35.6 Å². The lowest BCUT2D eigenvalue weighted by Crippen LogP contribution is -2.42. The third-order valence-electron chi connectivity index (χ3n) is 5.11. The van der Waals surface area contributed by atoms with Gasteiger partial charge in [-0.15, -0.1) is 0 Å². The number of carbonyl (C=O) groups is 3. The molecule has 138 valence electrons. The number of benzene rings is 2. The molecular weight excluding hydrogens is 346 g/mol. The Balaban J connectivity index is 1.67. The lowest BCUT2D eigenvalue weighted by atomic mass is 9.95. The Morgan fingerprint density at radius 2 is 1.93 bits per heavy atom. The number of rotatable bonds is 3. The molecule has 1 unspecified atom stereocenters. The van der Waals surface area contributed by atoms with Crippen LogP contribution in [0.15, 0.2) is 42.5 Å². The van der Waals surface area contributed by atoms with Gasteiger partial charge in [0.05, 0.1) is 11.3 Å². The van der Waals surface area contributed by atoms with E-state index in [-0.39, 0.29) is 5.91 Å². The Bertz CT molecular complexity index is 926. The van der Waals surface area contributed by atoms with Gasteiger partial charge in [-0.3, -0.25) is 14.5 Å². The summed E-state index contributed by atoms with van der Waals surface area (Å²) >= 11 is 0. The van der Waals surface area contributed by atoms with E-state index in [1.54, 1.807) is 6.07 Å². The van der Waals surface area contributed by atoms with Crippen LogP contribution in [0.2, 0.25) is 0 Å². The zero-order valence-corrected chi connectivity index (χ0v) is 14.6. The average molecular weight is 365 g/mol. The monoisotopic (exact) mass is 365 g/mol. The van der Waals surface area contributed by atoms with Gasteiger partial charge in [0.2, 0.25) is 5.91 Å². The fraction of sp³-hybridized carbons (Fsp3) is 0.250. The summed E-state index contributed by atoms with van der Waals surface area (Å²) in [6, 6.07) is 12.6. The van der Waals surface area contributed by atoms with E-state index in [0.717, 1.165) is 21.6 Å². The molecule has 1 fully saturated rings. The van der Waals surface area contributed by atoms with Crippen molar-refractivity contribution < 1.29 is 19.5 Å². The number of hydrogen-bond acceptors (Lipinski definition) is 3. The highest BCUT2D eigenvalue weighted by Gasteiger charge is 2.35. The summed E-state index contributed by atoms with van der Waals surface area (Å²) in [6.07, 6.45) is 0.0277. The fourth-order valence-electron chi connectivity index (χ4n) is 3.82. The van der Waals surface area contributed by atoms with Gasteiger partial charge in [-0.2, -0.15) is 0 Å². The first kappa shape index (κ1) is 17.1. The van der Waals surface area contributed by atoms with Crippen molar-refractivity contribution in [2.75, 3.05) is 11.9 Å². The quantitative estimate of drug-likeness (QED) is 0.779. The van der Waals surface area contributed by atoms with Crippen molar-refractivity contribution in [1.82, 2.24) is 10.2 Å². The summed E-state index contributed by atoms with van der Waals surface area (Å²) in [7, 11) is 0. The number of amides is 3. The van der Waals surface area contributed by atoms with Crippen molar-refractivity contribution in [3.63, 3.8) is 0 Å². The molecular formula is C20H19N3O4. The second kappa shape index (κ2) is 6.75. The van der Waals surface area contributed by atoms with Crippen LogP contribution in [0.25, 0.3) is 11.1 Å². The molecule has 7 heteroatoms. The molecule has 0 spiro atoms. The van der Waals surface area contributed by atoms with Crippen LogP contribution in [0.5, 0.6) is 0 Å². The first-order valence-electron chi connectivity index (χ1n) is 8.86. The van der Waals surface area contributed by atoms with Gasteiger partial charge in [-0.25, -0.2) is 4.79 Å². The predicted octanol–water partition coefficient (Wildman–Crippen LogP) is 2.68. The first-order valence-corrected chi connectivity index (χ1v) is 8.86. The van der Waals surface area contributed by atoms with Gasteiger partial charge in [-0.1, -0.05) is 36.4 Å². The van der Waals surface area contributed by atoms with Crippen LogP contribution < -0.4 is 10.6 Å². The fourth-order valence-corrected chi connectivity index (χ4v) is 3.82. The van der Waals surface area contributed by atoms with Gasteiger partial charge in [0.1, 0.15) is 6.04 Å². The average Bonchev–Trinajstić information content (AvgIpc) is 3.30. The topological polar surface area (TPSA) is 98.7 Å². The molecule has 2 aromatic carbocycles. The number of nitrogens with zero attached hydrogens (tertiary/aromatic N) is 1. The molecule has 2 aliphatic rings. The van der Waals surface area contributed by atoms with Crippen molar-refractivity contribution in [2.45, 2.75) is 25.4 Å². The van der Waals surface area contributed by atoms with Gasteiger partial charge in [0.25, 0.3) is 5.91 Å². The van der Waals surface area contributed by atoms with E-state index >= 15 is 0 Å². The molecule has 1 saturated heterocycles. The minimum absolute atomic E-state index is 0.236. The SMILES string of the molecule is O=C1NCc2c(-c3ccccc3)ccc(NC(=O)C3CCCN3C(=O)O)c21. The largest absolute Gasteiger partial charge is 0.465 e. The van der Waals surface area contributed by atoms with Crippen molar-refractivity contribution in [3.05, 3.63) is 53.6 Å². The summed E-state index contributed by atoms with van der Waals surface area (Å²) in [5.41, 5.74) is 3.64. The molecule has 1 atom stereocenters. The maximum absolute atomic E-state index is 12.6. The number of carboxylic acid groups (broad SMARTS) is 1. The van der Waals surface area contributed by atoms with Crippen LogP contribution in [0.3, 0.4) is 0 Å². The Hall–Kier alpha value is -3.35. The summed E-state index contributed by atoms with van der Waals surface area (Å²) in [4.78, 5) is 37.5. The maximum Gasteiger partial charge on any atom is 0.407 e. The van der Waals surface area contributed by atoms with Crippen molar-refractivity contribution >= 4 is 23.6 Å². The maximum atomic E-state index is 12.6. The zero-order valence-electron chi connectivity index (χ0n) is 14.6. The molecule has 3 N–H and O–H groups in total. The van der Waals surface area contributed by atoms with Gasteiger partial charge < -0.3 is 15.7 Å². The van der Waals surface area contributed by atoms with E-state index in [1.807, 2.05) is 36.4 Å². The molecule has 7 nitrogen and oxygen atoms in total. The molecule has 0 aliphatic carbocycles. The minimum Gasteiger partial charge on any atom is -0.465 e. The Morgan fingerprint density at radius 3 is 2.67 bits per heavy atom. The molecule has 0 bridgehead atoms. The van der Waals surface area contributed by atoms with Crippen LogP contribution in [-0.4, -0.2) is 40.5 Å². The van der Waals surface area contributed by atoms with Gasteiger partial charge >= 0.3 is 6.09 Å². The van der Waals surface area contributed by atoms with E-state index < -0.39 is 18.0 Å². The van der Waals surface area contributed by atoms with Crippen LogP contribution in [0.4, 0.5) is 10.5 Å². The molecule has 2 aromatic rings. The standard InChI is InChI=1S/C20H19N3O4/c24-18(16-7-4-10-23(16)20(26)27)22-15-9-8-13(12-5-2-1-3-6-12)14-11-21-19(25)17(14)15/h1-3,5-6,8-9,16H,4,7,10-11H2,(H,21,25)(H,22,24)(H,26,27). The van der Waals surface area contributed by atoms with Crippen LogP contribution in [0, 0.1) is 0 Å². The number of fused-ring (bicyclic) bond motifs is 1. The second-order valence-electron chi connectivity index (χ2n) is 6.69. The minimum atomic E-state index is -1.10. The molecule has 0 aromatic heterocycles. The Morgan fingerprint density at radius 1 is 1.15 bits per heavy atom. The lowest BCUT2D eigenvalue weighted by Gasteiger charge is -2.21. The smallest absolute Gasteiger partial charge is 0.407 e. The molecule has 0 radical (unpaired) electrons. The Kier molecular flexibility index (Phi) is 4.27. The van der Waals surface area contributed by atoms with Gasteiger partial charge in [0.15, 0.2) is 0 Å². The highest BCUT2D eigenvalue weighted by Crippen LogP contribution is 2.34. The van der Waals surface area contributed by atoms with E-state index in [4.69, 9.17) is 0 Å². The van der Waals surface area contributed by atoms with E-state index in [1.165, 1.54) is 0 Å². The van der Waals surface area contributed by atoms with Crippen LogP contribution >= 0.6 is 0 Å². The zero-order chi connectivity index (χ0) is 19.0. The molecule has 4 rings (SSSR count). The predicted molar refractivity (Wildman–Crippen MR) is 99.4 cm³/mol. The van der Waals surface area contributed by atoms with E-state index in [9.17, 15) is 19.5 Å². The highest BCUT2D eigenvalue weighted by atomic mass is 16.4. The number of nitrogens with one attached hydrogen (secondary N) is 2. The molecule has 0 saturated carbocycles. The molecule has 2 heterocycles. The third kappa shape index (κ3) is 3.01. The summed E-state index contributed by atoms with van der Waals surface area (Å²) in [6.45, 7) is 0.742. The van der Waals surface area contributed by atoms with Crippen LogP contribution in [-0.2, 0) is 11.3 Å². The number of likely N-dealkylation sites (tertiary alicyclic amines) is 1. The second-order valence-corrected chi connectivity index (χ2v) is 6.69.